The number of anilines is 2. The van der Waals surface area contributed by atoms with Gasteiger partial charge in [0.25, 0.3) is 5.56 Å². The van der Waals surface area contributed by atoms with E-state index >= 15 is 0 Å². The molecule has 1 aliphatic rings. The van der Waals surface area contributed by atoms with Gasteiger partial charge in [-0.25, -0.2) is 0 Å². The van der Waals surface area contributed by atoms with Crippen LogP contribution in [0.5, 0.6) is 0 Å². The van der Waals surface area contributed by atoms with Gasteiger partial charge >= 0.3 is 0 Å². The first kappa shape index (κ1) is 10.0. The molecule has 2 rings (SSSR count). The third-order valence-electron chi connectivity index (χ3n) is 2.72. The Hall–Kier alpha value is -1.52. The second-order valence-electron chi connectivity index (χ2n) is 4.00. The Morgan fingerprint density at radius 3 is 2.80 bits per heavy atom. The van der Waals surface area contributed by atoms with Gasteiger partial charge in [-0.05, 0) is 12.8 Å². The largest absolute Gasteiger partial charge is 0.369 e. The molecule has 0 aliphatic heterocycles. The lowest BCUT2D eigenvalue weighted by molar-refractivity contribution is 0.462. The summed E-state index contributed by atoms with van der Waals surface area (Å²) in [5.74, 6) is 0.754. The molecular weight excluding hydrogens is 192 g/mol. The number of hydrogen-bond acceptors (Lipinski definition) is 4. The first-order chi connectivity index (χ1) is 7.24. The van der Waals surface area contributed by atoms with Crippen LogP contribution >= 0.6 is 0 Å². The first-order valence-electron chi connectivity index (χ1n) is 5.37. The Kier molecular flexibility index (Phi) is 2.89. The molecule has 5 heteroatoms. The Balaban J connectivity index is 2.06. The summed E-state index contributed by atoms with van der Waals surface area (Å²) in [6.45, 7) is 0. The number of rotatable bonds is 2. The molecule has 0 bridgehead atoms. The highest BCUT2D eigenvalue weighted by atomic mass is 16.1. The van der Waals surface area contributed by atoms with Crippen LogP contribution in [0.1, 0.15) is 32.1 Å². The lowest BCUT2D eigenvalue weighted by Gasteiger charge is -2.23. The molecule has 0 unspecified atom stereocenters. The average Bonchev–Trinajstić information content (AvgIpc) is 2.17. The second kappa shape index (κ2) is 4.33. The van der Waals surface area contributed by atoms with Gasteiger partial charge in [0.05, 0.1) is 0 Å². The molecule has 15 heavy (non-hydrogen) atoms. The monoisotopic (exact) mass is 208 g/mol. The highest BCUT2D eigenvalue weighted by Crippen LogP contribution is 2.20. The zero-order chi connectivity index (χ0) is 10.7. The molecule has 1 saturated carbocycles. The molecule has 0 spiro atoms. The molecule has 5 nitrogen and oxygen atoms in total. The quantitative estimate of drug-likeness (QED) is 0.679. The summed E-state index contributed by atoms with van der Waals surface area (Å²) >= 11 is 0. The van der Waals surface area contributed by atoms with E-state index in [9.17, 15) is 4.79 Å². The standard InChI is InChI=1S/C10H16N4O/c11-10-13-8(6-9(15)14-10)12-7-4-2-1-3-5-7/h6-7H,1-5H2,(H4,11,12,13,14,15). The fraction of sp³-hybridized carbons (Fsp3) is 0.600. The van der Waals surface area contributed by atoms with Crippen molar-refractivity contribution in [2.45, 2.75) is 38.1 Å². The fourth-order valence-electron chi connectivity index (χ4n) is 2.01. The van der Waals surface area contributed by atoms with E-state index in [-0.39, 0.29) is 11.5 Å². The smallest absolute Gasteiger partial charge is 0.254 e. The van der Waals surface area contributed by atoms with Crippen molar-refractivity contribution < 1.29 is 0 Å². The van der Waals surface area contributed by atoms with Gasteiger partial charge in [0.15, 0.2) is 0 Å². The number of hydrogen-bond donors (Lipinski definition) is 3. The van der Waals surface area contributed by atoms with Crippen molar-refractivity contribution in [2.24, 2.45) is 0 Å². The number of H-pyrrole nitrogens is 1. The first-order valence-corrected chi connectivity index (χ1v) is 5.37. The zero-order valence-corrected chi connectivity index (χ0v) is 8.62. The average molecular weight is 208 g/mol. The second-order valence-corrected chi connectivity index (χ2v) is 4.00. The summed E-state index contributed by atoms with van der Waals surface area (Å²) in [6, 6.07) is 1.89. The molecule has 1 aromatic heterocycles. The Morgan fingerprint density at radius 1 is 1.40 bits per heavy atom. The molecule has 1 aromatic rings. The van der Waals surface area contributed by atoms with Crippen LogP contribution in [0.4, 0.5) is 11.8 Å². The summed E-state index contributed by atoms with van der Waals surface area (Å²) in [4.78, 5) is 17.6. The van der Waals surface area contributed by atoms with Crippen LogP contribution in [-0.2, 0) is 0 Å². The summed E-state index contributed by atoms with van der Waals surface area (Å²) in [6.07, 6.45) is 6.10. The number of nitrogen functional groups attached to an aromatic ring is 1. The van der Waals surface area contributed by atoms with Gasteiger partial charge in [0.1, 0.15) is 5.82 Å². The van der Waals surface area contributed by atoms with E-state index in [1.54, 1.807) is 0 Å². The summed E-state index contributed by atoms with van der Waals surface area (Å²) in [7, 11) is 0. The van der Waals surface area contributed by atoms with Gasteiger partial charge in [-0.1, -0.05) is 19.3 Å². The van der Waals surface area contributed by atoms with Gasteiger partial charge in [-0.15, -0.1) is 0 Å². The predicted octanol–water partition coefficient (Wildman–Crippen LogP) is 1.10. The third kappa shape index (κ3) is 2.71. The van der Waals surface area contributed by atoms with Crippen LogP contribution in [0.3, 0.4) is 0 Å². The van der Waals surface area contributed by atoms with Crippen LogP contribution in [0, 0.1) is 0 Å². The molecule has 0 amide bonds. The molecule has 0 radical (unpaired) electrons. The van der Waals surface area contributed by atoms with Crippen LogP contribution in [-0.4, -0.2) is 16.0 Å². The van der Waals surface area contributed by atoms with Crippen LogP contribution in [0.15, 0.2) is 10.9 Å². The summed E-state index contributed by atoms with van der Waals surface area (Å²) in [5.41, 5.74) is 5.25. The van der Waals surface area contributed by atoms with E-state index in [1.165, 1.54) is 25.3 Å². The number of nitrogens with one attached hydrogen (secondary N) is 2. The maximum Gasteiger partial charge on any atom is 0.254 e. The molecule has 1 fully saturated rings. The number of nitrogens with two attached hydrogens (primary N) is 1. The summed E-state index contributed by atoms with van der Waals surface area (Å²) in [5, 5.41) is 3.25. The van der Waals surface area contributed by atoms with Crippen molar-refractivity contribution in [1.29, 1.82) is 0 Å². The van der Waals surface area contributed by atoms with Gasteiger partial charge in [0.2, 0.25) is 5.95 Å². The highest BCUT2D eigenvalue weighted by molar-refractivity contribution is 5.38. The third-order valence-corrected chi connectivity index (χ3v) is 2.72. The minimum absolute atomic E-state index is 0.167. The molecule has 0 atom stereocenters. The molecule has 0 saturated heterocycles. The number of aromatic amines is 1. The molecule has 82 valence electrons. The van der Waals surface area contributed by atoms with Crippen LogP contribution in [0.2, 0.25) is 0 Å². The summed E-state index contributed by atoms with van der Waals surface area (Å²) < 4.78 is 0. The Labute approximate surface area is 88.1 Å². The number of nitrogens with zero attached hydrogens (tertiary/aromatic N) is 1. The van der Waals surface area contributed by atoms with Crippen molar-refractivity contribution in [1.82, 2.24) is 9.97 Å². The van der Waals surface area contributed by atoms with Crippen molar-refractivity contribution >= 4 is 11.8 Å². The van der Waals surface area contributed by atoms with Crippen LogP contribution < -0.4 is 16.6 Å². The number of aromatic nitrogens is 2. The van der Waals surface area contributed by atoms with Gasteiger partial charge < -0.3 is 11.1 Å². The van der Waals surface area contributed by atoms with E-state index in [0.29, 0.717) is 11.9 Å². The maximum absolute atomic E-state index is 11.1. The minimum atomic E-state index is -0.208. The van der Waals surface area contributed by atoms with E-state index in [1.807, 2.05) is 0 Å². The topological polar surface area (TPSA) is 83.8 Å². The van der Waals surface area contributed by atoms with Gasteiger partial charge in [-0.3, -0.25) is 9.78 Å². The zero-order valence-electron chi connectivity index (χ0n) is 8.62. The fourth-order valence-corrected chi connectivity index (χ4v) is 2.01. The molecular formula is C10H16N4O. The molecule has 1 aliphatic carbocycles. The normalized spacial score (nSPS) is 17.6. The van der Waals surface area contributed by atoms with Gasteiger partial charge in [-0.2, -0.15) is 4.98 Å². The molecule has 1 heterocycles. The van der Waals surface area contributed by atoms with E-state index in [2.05, 4.69) is 15.3 Å². The predicted molar refractivity (Wildman–Crippen MR) is 59.8 cm³/mol. The SMILES string of the molecule is Nc1nc(NC2CCCCC2)cc(=O)[nH]1. The van der Waals surface area contributed by atoms with E-state index in [0.717, 1.165) is 12.8 Å². The molecule has 4 N–H and O–H groups in total. The molecule has 0 aromatic carbocycles. The van der Waals surface area contributed by atoms with Crippen molar-refractivity contribution in [3.05, 3.63) is 16.4 Å². The van der Waals surface area contributed by atoms with Gasteiger partial charge in [0, 0.05) is 12.1 Å². The maximum atomic E-state index is 11.1. The minimum Gasteiger partial charge on any atom is -0.369 e. The van der Waals surface area contributed by atoms with Crippen molar-refractivity contribution in [3.63, 3.8) is 0 Å². The highest BCUT2D eigenvalue weighted by Gasteiger charge is 2.13. The lowest BCUT2D eigenvalue weighted by Crippen LogP contribution is -2.24. The van der Waals surface area contributed by atoms with E-state index < -0.39 is 0 Å². The van der Waals surface area contributed by atoms with Crippen LogP contribution in [0.25, 0.3) is 0 Å². The van der Waals surface area contributed by atoms with Crippen molar-refractivity contribution in [2.75, 3.05) is 11.1 Å². The Bertz CT molecular complexity index is 381. The Morgan fingerprint density at radius 2 is 2.13 bits per heavy atom. The van der Waals surface area contributed by atoms with E-state index in [4.69, 9.17) is 5.73 Å². The lowest BCUT2D eigenvalue weighted by atomic mass is 9.95. The van der Waals surface area contributed by atoms with Crippen molar-refractivity contribution in [3.8, 4) is 0 Å².